The Morgan fingerprint density at radius 1 is 1.09 bits per heavy atom. The molecule has 7 nitrogen and oxygen atoms in total. The van der Waals surface area contributed by atoms with Crippen LogP contribution in [0.15, 0.2) is 30.3 Å². The van der Waals surface area contributed by atoms with Gasteiger partial charge in [-0.25, -0.2) is 0 Å². The van der Waals surface area contributed by atoms with Gasteiger partial charge in [-0.05, 0) is 80.7 Å². The van der Waals surface area contributed by atoms with Crippen molar-refractivity contribution < 1.29 is 22.6 Å². The number of aromatic nitrogens is 3. The van der Waals surface area contributed by atoms with Crippen LogP contribution in [0.1, 0.15) is 54.1 Å². The Morgan fingerprint density at radius 3 is 2.47 bits per heavy atom. The van der Waals surface area contributed by atoms with Gasteiger partial charge in [0.15, 0.2) is 4.77 Å². The number of rotatable bonds is 9. The molecule has 5 rings (SSSR count). The van der Waals surface area contributed by atoms with Crippen LogP contribution in [0.4, 0.5) is 13.2 Å². The second-order valence-corrected chi connectivity index (χ2v) is 12.3. The number of hydrogen-bond acceptors (Lipinski definition) is 6. The van der Waals surface area contributed by atoms with Crippen molar-refractivity contribution in [3.63, 3.8) is 0 Å². The van der Waals surface area contributed by atoms with Gasteiger partial charge in [-0.2, -0.15) is 18.3 Å². The number of piperazine rings is 1. The van der Waals surface area contributed by atoms with Gasteiger partial charge in [0.25, 0.3) is 0 Å². The lowest BCUT2D eigenvalue weighted by molar-refractivity contribution is -0.137. The summed E-state index contributed by atoms with van der Waals surface area (Å²) in [7, 11) is 1.60. The van der Waals surface area contributed by atoms with Crippen molar-refractivity contribution in [3.8, 4) is 11.4 Å². The summed E-state index contributed by atoms with van der Waals surface area (Å²) in [5.41, 5.74) is 0.665. The summed E-state index contributed by atoms with van der Waals surface area (Å²) in [6, 6.07) is 8.48. The fourth-order valence-electron chi connectivity index (χ4n) is 6.14. The summed E-state index contributed by atoms with van der Waals surface area (Å²) in [4.78, 5) is 5.04. The Bertz CT molecular complexity index is 1470. The van der Waals surface area contributed by atoms with Crippen LogP contribution in [0.3, 0.4) is 0 Å². The molecule has 234 valence electrons. The molecule has 0 radical (unpaired) electrons. The van der Waals surface area contributed by atoms with E-state index in [1.54, 1.807) is 7.11 Å². The van der Waals surface area contributed by atoms with Crippen molar-refractivity contribution in [1.82, 2.24) is 24.6 Å². The minimum Gasteiger partial charge on any atom is -0.496 e. The summed E-state index contributed by atoms with van der Waals surface area (Å²) in [6.45, 7) is 8.50. The fraction of sp³-hybridized carbons (Fsp3) is 0.533. The lowest BCUT2D eigenvalue weighted by atomic mass is 9.91. The van der Waals surface area contributed by atoms with Gasteiger partial charge in [-0.15, -0.1) is 0 Å². The first-order valence-electron chi connectivity index (χ1n) is 14.5. The second-order valence-electron chi connectivity index (χ2n) is 11.1. The highest BCUT2D eigenvalue weighted by molar-refractivity contribution is 7.71. The second kappa shape index (κ2) is 13.9. The molecule has 0 bridgehead atoms. The molecule has 0 aliphatic carbocycles. The molecule has 1 atom stereocenters. The quantitative estimate of drug-likeness (QED) is 0.244. The third-order valence-corrected chi connectivity index (χ3v) is 9.51. The number of H-pyrrole nitrogens is 1. The first-order valence-corrected chi connectivity index (χ1v) is 15.7. The van der Waals surface area contributed by atoms with Crippen molar-refractivity contribution in [2.45, 2.75) is 50.7 Å². The molecular weight excluding hydrogens is 622 g/mol. The zero-order valence-corrected chi connectivity index (χ0v) is 26.6. The number of hydrogen-bond donors (Lipinski definition) is 1. The Balaban J connectivity index is 1.42. The molecule has 1 N–H and O–H groups in total. The highest BCUT2D eigenvalue weighted by atomic mass is 35.5. The molecule has 2 saturated heterocycles. The molecule has 2 aliphatic rings. The van der Waals surface area contributed by atoms with E-state index < -0.39 is 11.7 Å². The number of benzene rings is 2. The largest absolute Gasteiger partial charge is 0.496 e. The Labute approximate surface area is 264 Å². The van der Waals surface area contributed by atoms with Crippen molar-refractivity contribution in [1.29, 1.82) is 0 Å². The van der Waals surface area contributed by atoms with E-state index in [0.29, 0.717) is 24.0 Å². The van der Waals surface area contributed by atoms with E-state index >= 15 is 0 Å². The van der Waals surface area contributed by atoms with Gasteiger partial charge >= 0.3 is 6.18 Å². The fourth-order valence-corrected chi connectivity index (χ4v) is 6.70. The van der Waals surface area contributed by atoms with Gasteiger partial charge < -0.3 is 14.4 Å². The molecule has 3 heterocycles. The SMILES string of the molecule is COc1cc(C(CCCN2CCN(C3CCOCC3)CC2)c2n[nH]c(=S)n2-c2cc(Cl)c(Cl)cc2C(F)(F)F)ccc1C. The van der Waals surface area contributed by atoms with Gasteiger partial charge in [0.2, 0.25) is 0 Å². The highest BCUT2D eigenvalue weighted by Gasteiger charge is 2.36. The number of halogens is 5. The molecule has 43 heavy (non-hydrogen) atoms. The summed E-state index contributed by atoms with van der Waals surface area (Å²) >= 11 is 17.7. The smallest absolute Gasteiger partial charge is 0.418 e. The number of nitrogens with one attached hydrogen (secondary N) is 1. The normalized spacial score (nSPS) is 18.2. The van der Waals surface area contributed by atoms with Crippen LogP contribution in [0.25, 0.3) is 5.69 Å². The maximum atomic E-state index is 14.2. The number of alkyl halides is 3. The number of aromatic amines is 1. The van der Waals surface area contributed by atoms with Gasteiger partial charge in [-0.1, -0.05) is 35.3 Å². The van der Waals surface area contributed by atoms with Gasteiger partial charge in [0.1, 0.15) is 11.6 Å². The predicted octanol–water partition coefficient (Wildman–Crippen LogP) is 7.28. The topological polar surface area (TPSA) is 58.5 Å². The first kappa shape index (κ1) is 32.2. The summed E-state index contributed by atoms with van der Waals surface area (Å²) in [5, 5.41) is 7.01. The zero-order valence-electron chi connectivity index (χ0n) is 24.2. The van der Waals surface area contributed by atoms with E-state index in [-0.39, 0.29) is 26.4 Å². The molecule has 0 saturated carbocycles. The van der Waals surface area contributed by atoms with Crippen molar-refractivity contribution in [3.05, 3.63) is 67.7 Å². The molecule has 0 amide bonds. The van der Waals surface area contributed by atoms with E-state index in [0.717, 1.165) is 82.4 Å². The Hall–Kier alpha value is -2.15. The van der Waals surface area contributed by atoms with Crippen LogP contribution in [-0.4, -0.2) is 83.7 Å². The van der Waals surface area contributed by atoms with E-state index in [4.69, 9.17) is 44.9 Å². The number of nitrogens with zero attached hydrogens (tertiary/aromatic N) is 4. The maximum Gasteiger partial charge on any atom is 0.418 e. The van der Waals surface area contributed by atoms with E-state index in [1.165, 1.54) is 10.6 Å². The van der Waals surface area contributed by atoms with E-state index in [9.17, 15) is 13.2 Å². The van der Waals surface area contributed by atoms with Gasteiger partial charge in [0, 0.05) is 51.4 Å². The Kier molecular flexibility index (Phi) is 10.4. The zero-order chi connectivity index (χ0) is 30.7. The van der Waals surface area contributed by atoms with Crippen LogP contribution in [0.5, 0.6) is 5.75 Å². The average molecular weight is 659 g/mol. The number of ether oxygens (including phenoxy) is 2. The molecule has 13 heteroatoms. The highest BCUT2D eigenvalue weighted by Crippen LogP contribution is 2.41. The molecule has 1 unspecified atom stereocenters. The summed E-state index contributed by atoms with van der Waals surface area (Å²) in [6.07, 6.45) is -1.07. The third kappa shape index (κ3) is 7.40. The lowest BCUT2D eigenvalue weighted by Gasteiger charge is -2.40. The van der Waals surface area contributed by atoms with Gasteiger partial charge in [0.05, 0.1) is 28.4 Å². The number of methoxy groups -OCH3 is 1. The van der Waals surface area contributed by atoms with Crippen LogP contribution in [0.2, 0.25) is 10.0 Å². The van der Waals surface area contributed by atoms with Crippen molar-refractivity contribution >= 4 is 35.4 Å². The first-order chi connectivity index (χ1) is 20.6. The lowest BCUT2D eigenvalue weighted by Crippen LogP contribution is -2.51. The molecule has 2 fully saturated rings. The predicted molar refractivity (Wildman–Crippen MR) is 164 cm³/mol. The monoisotopic (exact) mass is 657 g/mol. The van der Waals surface area contributed by atoms with Crippen molar-refractivity contribution in [2.24, 2.45) is 0 Å². The van der Waals surface area contributed by atoms with Gasteiger partial charge in [-0.3, -0.25) is 14.6 Å². The minimum absolute atomic E-state index is 0.00725. The molecule has 2 aliphatic heterocycles. The molecule has 0 spiro atoms. The third-order valence-electron chi connectivity index (χ3n) is 8.51. The molecule has 2 aromatic carbocycles. The standard InChI is InChI=1S/C30H36Cl2F3N5O2S/c1-19-5-6-20(16-27(19)41-2)22(4-3-9-38-10-12-39(13-11-38)21-7-14-42-15-8-21)28-36-37-29(43)40(28)26-18-25(32)24(31)17-23(26)30(33,34)35/h5-6,16-18,21-22H,3-4,7-15H2,1-2H3,(H,37,43). The summed E-state index contributed by atoms with van der Waals surface area (Å²) in [5.74, 6) is 0.684. The summed E-state index contributed by atoms with van der Waals surface area (Å²) < 4.78 is 55.2. The molecule has 1 aromatic heterocycles. The molecular formula is C30H36Cl2F3N5O2S. The van der Waals surface area contributed by atoms with Crippen LogP contribution in [-0.2, 0) is 10.9 Å². The number of aryl methyl sites for hydroxylation is 1. The van der Waals surface area contributed by atoms with Crippen LogP contribution >= 0.6 is 35.4 Å². The average Bonchev–Trinajstić information content (AvgIpc) is 3.37. The minimum atomic E-state index is -4.69. The van der Waals surface area contributed by atoms with E-state index in [2.05, 4.69) is 20.0 Å². The maximum absolute atomic E-state index is 14.2. The van der Waals surface area contributed by atoms with Crippen LogP contribution in [0, 0.1) is 11.7 Å². The van der Waals surface area contributed by atoms with E-state index in [1.807, 2.05) is 25.1 Å². The van der Waals surface area contributed by atoms with Crippen LogP contribution < -0.4 is 4.74 Å². The Morgan fingerprint density at radius 2 is 1.79 bits per heavy atom. The van der Waals surface area contributed by atoms with Crippen molar-refractivity contribution in [2.75, 3.05) is 53.0 Å². The molecule has 3 aromatic rings.